The first kappa shape index (κ1) is 15.9. The molecule has 0 aliphatic carbocycles. The van der Waals surface area contributed by atoms with Gasteiger partial charge in [-0.25, -0.2) is 0 Å². The van der Waals surface area contributed by atoms with Gasteiger partial charge in [0.25, 0.3) is 0 Å². The van der Waals surface area contributed by atoms with E-state index in [9.17, 15) is 0 Å². The van der Waals surface area contributed by atoms with E-state index < -0.39 is 0 Å². The third-order valence-corrected chi connectivity index (χ3v) is 2.91. The lowest BCUT2D eigenvalue weighted by molar-refractivity contribution is 0.415. The highest BCUT2D eigenvalue weighted by molar-refractivity contribution is 6.13. The SMILES string of the molecule is COc1ccc(C#CC(=NC(C)(C)C)c2ccccc2)cc1. The number of aliphatic imine (C=N–C) groups is 1. The molecule has 0 unspecified atom stereocenters. The molecule has 2 rings (SSSR count). The van der Waals surface area contributed by atoms with E-state index in [0.717, 1.165) is 22.6 Å². The molecule has 0 heterocycles. The molecule has 0 amide bonds. The molecule has 0 aromatic heterocycles. The lowest BCUT2D eigenvalue weighted by Gasteiger charge is -2.13. The maximum Gasteiger partial charge on any atom is 0.118 e. The molecular formula is C20H21NO. The normalized spacial score (nSPS) is 11.5. The summed E-state index contributed by atoms with van der Waals surface area (Å²) in [6.07, 6.45) is 0. The summed E-state index contributed by atoms with van der Waals surface area (Å²) in [7, 11) is 1.66. The zero-order valence-corrected chi connectivity index (χ0v) is 13.6. The van der Waals surface area contributed by atoms with Crippen molar-refractivity contribution in [1.82, 2.24) is 0 Å². The summed E-state index contributed by atoms with van der Waals surface area (Å²) in [5.41, 5.74) is 2.63. The Kier molecular flexibility index (Phi) is 5.01. The van der Waals surface area contributed by atoms with Gasteiger partial charge < -0.3 is 4.74 Å². The summed E-state index contributed by atoms with van der Waals surface area (Å²) in [4.78, 5) is 4.75. The Labute approximate surface area is 132 Å². The van der Waals surface area contributed by atoms with Crippen LogP contribution in [-0.2, 0) is 0 Å². The molecule has 2 aromatic carbocycles. The summed E-state index contributed by atoms with van der Waals surface area (Å²) >= 11 is 0. The molecule has 0 aliphatic rings. The number of hydrogen-bond acceptors (Lipinski definition) is 2. The van der Waals surface area contributed by atoms with Gasteiger partial charge in [-0.1, -0.05) is 36.3 Å². The molecule has 0 saturated heterocycles. The van der Waals surface area contributed by atoms with Gasteiger partial charge >= 0.3 is 0 Å². The zero-order chi connectivity index (χ0) is 16.0. The summed E-state index contributed by atoms with van der Waals surface area (Å²) in [6, 6.07) is 17.8. The first-order valence-corrected chi connectivity index (χ1v) is 7.29. The molecule has 2 aromatic rings. The highest BCUT2D eigenvalue weighted by atomic mass is 16.5. The average molecular weight is 291 g/mol. The van der Waals surface area contributed by atoms with Crippen LogP contribution in [0.4, 0.5) is 0 Å². The van der Waals surface area contributed by atoms with Crippen LogP contribution in [0, 0.1) is 11.8 Å². The van der Waals surface area contributed by atoms with Crippen molar-refractivity contribution >= 4 is 5.71 Å². The third-order valence-electron chi connectivity index (χ3n) is 2.91. The lowest BCUT2D eigenvalue weighted by Crippen LogP contribution is -2.14. The standard InChI is InChI=1S/C20H21NO/c1-20(2,3)21-19(17-8-6-5-7-9-17)15-12-16-10-13-18(22-4)14-11-16/h5-11,13-14H,1-4H3. The number of benzene rings is 2. The maximum atomic E-state index is 5.16. The molecule has 0 radical (unpaired) electrons. The van der Waals surface area contributed by atoms with E-state index in [1.807, 2.05) is 54.6 Å². The second kappa shape index (κ2) is 6.95. The van der Waals surface area contributed by atoms with Gasteiger partial charge in [0.05, 0.1) is 12.6 Å². The van der Waals surface area contributed by atoms with E-state index in [2.05, 4.69) is 32.6 Å². The van der Waals surface area contributed by atoms with E-state index in [1.165, 1.54) is 0 Å². The number of ether oxygens (including phenoxy) is 1. The quantitative estimate of drug-likeness (QED) is 0.596. The Hall–Kier alpha value is -2.53. The smallest absolute Gasteiger partial charge is 0.118 e. The Bertz CT molecular complexity index is 695. The van der Waals surface area contributed by atoms with Crippen LogP contribution in [0.15, 0.2) is 59.6 Å². The second-order valence-electron chi connectivity index (χ2n) is 5.98. The highest BCUT2D eigenvalue weighted by Crippen LogP contribution is 2.12. The van der Waals surface area contributed by atoms with Crippen molar-refractivity contribution in [3.63, 3.8) is 0 Å². The van der Waals surface area contributed by atoms with Gasteiger partial charge in [-0.2, -0.15) is 0 Å². The number of nitrogens with zero attached hydrogens (tertiary/aromatic N) is 1. The van der Waals surface area contributed by atoms with Crippen LogP contribution in [0.2, 0.25) is 0 Å². The van der Waals surface area contributed by atoms with Crippen molar-refractivity contribution in [1.29, 1.82) is 0 Å². The predicted molar refractivity (Wildman–Crippen MR) is 92.6 cm³/mol. The van der Waals surface area contributed by atoms with Crippen LogP contribution in [0.1, 0.15) is 31.9 Å². The molecule has 2 heteroatoms. The summed E-state index contributed by atoms with van der Waals surface area (Å²) < 4.78 is 5.16. The number of methoxy groups -OCH3 is 1. The van der Waals surface area contributed by atoms with E-state index in [1.54, 1.807) is 7.11 Å². The van der Waals surface area contributed by atoms with Crippen LogP contribution in [0.3, 0.4) is 0 Å². The van der Waals surface area contributed by atoms with Crippen molar-refractivity contribution in [2.24, 2.45) is 4.99 Å². The van der Waals surface area contributed by atoms with Gasteiger partial charge in [0.2, 0.25) is 0 Å². The zero-order valence-electron chi connectivity index (χ0n) is 13.6. The van der Waals surface area contributed by atoms with Gasteiger partial charge in [0, 0.05) is 11.1 Å². The van der Waals surface area contributed by atoms with Crippen LogP contribution in [-0.4, -0.2) is 18.4 Å². The molecule has 112 valence electrons. The Morgan fingerprint density at radius 3 is 2.14 bits per heavy atom. The topological polar surface area (TPSA) is 21.6 Å². The molecular weight excluding hydrogens is 270 g/mol. The van der Waals surface area contributed by atoms with Crippen LogP contribution < -0.4 is 4.74 Å². The summed E-state index contributed by atoms with van der Waals surface area (Å²) in [5.74, 6) is 7.22. The molecule has 2 nitrogen and oxygen atoms in total. The van der Waals surface area contributed by atoms with Crippen LogP contribution in [0.25, 0.3) is 0 Å². The first-order valence-electron chi connectivity index (χ1n) is 7.29. The van der Waals surface area contributed by atoms with Gasteiger partial charge in [-0.3, -0.25) is 4.99 Å². The molecule has 0 bridgehead atoms. The fraction of sp³-hybridized carbons (Fsp3) is 0.250. The van der Waals surface area contributed by atoms with Crippen molar-refractivity contribution in [3.05, 3.63) is 65.7 Å². The van der Waals surface area contributed by atoms with Gasteiger partial charge in [0.15, 0.2) is 0 Å². The minimum absolute atomic E-state index is 0.167. The minimum Gasteiger partial charge on any atom is -0.497 e. The second-order valence-corrected chi connectivity index (χ2v) is 5.98. The Morgan fingerprint density at radius 1 is 0.955 bits per heavy atom. The molecule has 0 spiro atoms. The third kappa shape index (κ3) is 4.79. The lowest BCUT2D eigenvalue weighted by atomic mass is 10.1. The van der Waals surface area contributed by atoms with Crippen molar-refractivity contribution in [3.8, 4) is 17.6 Å². The van der Waals surface area contributed by atoms with E-state index in [0.29, 0.717) is 0 Å². The fourth-order valence-electron chi connectivity index (χ4n) is 1.90. The van der Waals surface area contributed by atoms with Crippen LogP contribution >= 0.6 is 0 Å². The molecule has 0 atom stereocenters. The first-order chi connectivity index (χ1) is 10.5. The predicted octanol–water partition coefficient (Wildman–Crippen LogP) is 4.33. The van der Waals surface area contributed by atoms with E-state index in [-0.39, 0.29) is 5.54 Å². The van der Waals surface area contributed by atoms with Crippen molar-refractivity contribution in [2.75, 3.05) is 7.11 Å². The molecule has 0 fully saturated rings. The Morgan fingerprint density at radius 2 is 1.59 bits per heavy atom. The fourth-order valence-corrected chi connectivity index (χ4v) is 1.90. The summed E-state index contributed by atoms with van der Waals surface area (Å²) in [6.45, 7) is 6.22. The minimum atomic E-state index is -0.167. The van der Waals surface area contributed by atoms with Gasteiger partial charge in [-0.05, 0) is 51.0 Å². The molecule has 0 N–H and O–H groups in total. The van der Waals surface area contributed by atoms with Gasteiger partial charge in [0.1, 0.15) is 11.5 Å². The van der Waals surface area contributed by atoms with E-state index >= 15 is 0 Å². The van der Waals surface area contributed by atoms with E-state index in [4.69, 9.17) is 9.73 Å². The monoisotopic (exact) mass is 291 g/mol. The van der Waals surface area contributed by atoms with Crippen LogP contribution in [0.5, 0.6) is 5.75 Å². The number of rotatable bonds is 2. The van der Waals surface area contributed by atoms with Crippen molar-refractivity contribution in [2.45, 2.75) is 26.3 Å². The molecule has 22 heavy (non-hydrogen) atoms. The molecule has 0 saturated carbocycles. The van der Waals surface area contributed by atoms with Crippen molar-refractivity contribution < 1.29 is 4.74 Å². The largest absolute Gasteiger partial charge is 0.497 e. The number of hydrogen-bond donors (Lipinski definition) is 0. The summed E-state index contributed by atoms with van der Waals surface area (Å²) in [5, 5.41) is 0. The molecule has 0 aliphatic heterocycles. The maximum absolute atomic E-state index is 5.16. The van der Waals surface area contributed by atoms with Gasteiger partial charge in [-0.15, -0.1) is 0 Å². The highest BCUT2D eigenvalue weighted by Gasteiger charge is 2.10. The Balaban J connectivity index is 2.35. The average Bonchev–Trinajstić information content (AvgIpc) is 2.52.